The Morgan fingerprint density at radius 3 is 2.38 bits per heavy atom. The predicted molar refractivity (Wildman–Crippen MR) is 84.3 cm³/mol. The number of nitrogens with zero attached hydrogens (tertiary/aromatic N) is 1. The molecule has 21 heavy (non-hydrogen) atoms. The fraction of sp³-hybridized carbons (Fsp3) is 0.467. The molecule has 1 aromatic carbocycles. The summed E-state index contributed by atoms with van der Waals surface area (Å²) in [7, 11) is 0. The average Bonchev–Trinajstić information content (AvgIpc) is 2.44. The molecule has 1 unspecified atom stereocenters. The molecule has 2 atom stereocenters. The third-order valence-electron chi connectivity index (χ3n) is 2.89. The molecule has 0 fully saturated rings. The molecular weight excluding hydrogens is 290 g/mol. The van der Waals surface area contributed by atoms with Crippen LogP contribution in [0.4, 0.5) is 0 Å². The van der Waals surface area contributed by atoms with Crippen molar-refractivity contribution in [2.45, 2.75) is 32.9 Å². The van der Waals surface area contributed by atoms with Gasteiger partial charge in [-0.15, -0.1) is 12.4 Å². The van der Waals surface area contributed by atoms with Crippen molar-refractivity contribution in [1.29, 1.82) is 5.26 Å². The van der Waals surface area contributed by atoms with Crippen molar-refractivity contribution in [2.75, 3.05) is 6.61 Å². The maximum atomic E-state index is 11.8. The van der Waals surface area contributed by atoms with E-state index in [2.05, 4.69) is 5.32 Å². The number of rotatable bonds is 6. The van der Waals surface area contributed by atoms with E-state index in [0.717, 1.165) is 0 Å². The first-order valence-corrected chi connectivity index (χ1v) is 6.63. The van der Waals surface area contributed by atoms with Crippen LogP contribution in [0.1, 0.15) is 26.3 Å². The quantitative estimate of drug-likeness (QED) is 0.839. The minimum Gasteiger partial charge on any atom is -0.491 e. The van der Waals surface area contributed by atoms with Crippen LogP contribution in [0.25, 0.3) is 0 Å². The summed E-state index contributed by atoms with van der Waals surface area (Å²) in [5.41, 5.74) is 6.35. The van der Waals surface area contributed by atoms with E-state index in [-0.39, 0.29) is 30.3 Å². The van der Waals surface area contributed by atoms with Crippen molar-refractivity contribution < 1.29 is 9.53 Å². The fourth-order valence-corrected chi connectivity index (χ4v) is 1.53. The molecule has 116 valence electrons. The molecule has 0 aliphatic carbocycles. The van der Waals surface area contributed by atoms with E-state index in [4.69, 9.17) is 15.7 Å². The first-order valence-electron chi connectivity index (χ1n) is 6.63. The van der Waals surface area contributed by atoms with Gasteiger partial charge in [-0.2, -0.15) is 5.26 Å². The zero-order chi connectivity index (χ0) is 15.1. The van der Waals surface area contributed by atoms with Crippen LogP contribution in [-0.4, -0.2) is 24.6 Å². The second-order valence-electron chi connectivity index (χ2n) is 5.13. The van der Waals surface area contributed by atoms with E-state index in [0.29, 0.717) is 17.9 Å². The van der Waals surface area contributed by atoms with Crippen molar-refractivity contribution in [3.8, 4) is 11.8 Å². The number of hydrogen-bond donors (Lipinski definition) is 2. The number of amides is 1. The highest BCUT2D eigenvalue weighted by molar-refractivity contribution is 5.85. The standard InChI is InChI=1S/C15H21N3O2.ClH/c1-10(2)14(17)15(19)18-11(3)9-20-13-6-4-12(8-16)5-7-13;/h4-7,10-11,14H,9,17H2,1-3H3,(H,18,19);1H/t11?,14-;/m0./s1. The van der Waals surface area contributed by atoms with Gasteiger partial charge in [0.15, 0.2) is 0 Å². The average molecular weight is 312 g/mol. The van der Waals surface area contributed by atoms with E-state index in [1.807, 2.05) is 26.8 Å². The van der Waals surface area contributed by atoms with Crippen LogP contribution >= 0.6 is 12.4 Å². The second kappa shape index (κ2) is 9.22. The minimum absolute atomic E-state index is 0. The van der Waals surface area contributed by atoms with Gasteiger partial charge in [0.25, 0.3) is 0 Å². The number of carbonyl (C=O) groups is 1. The van der Waals surface area contributed by atoms with Crippen molar-refractivity contribution >= 4 is 18.3 Å². The molecule has 0 saturated heterocycles. The largest absolute Gasteiger partial charge is 0.491 e. The lowest BCUT2D eigenvalue weighted by Crippen LogP contribution is -2.48. The van der Waals surface area contributed by atoms with E-state index in [1.54, 1.807) is 24.3 Å². The molecule has 0 aliphatic rings. The lowest BCUT2D eigenvalue weighted by molar-refractivity contribution is -0.124. The monoisotopic (exact) mass is 311 g/mol. The Balaban J connectivity index is 0.00000400. The van der Waals surface area contributed by atoms with Gasteiger partial charge < -0.3 is 15.8 Å². The fourth-order valence-electron chi connectivity index (χ4n) is 1.53. The maximum Gasteiger partial charge on any atom is 0.237 e. The van der Waals surface area contributed by atoms with Gasteiger partial charge in [0, 0.05) is 0 Å². The van der Waals surface area contributed by atoms with Crippen molar-refractivity contribution in [3.63, 3.8) is 0 Å². The molecule has 0 bridgehead atoms. The summed E-state index contributed by atoms with van der Waals surface area (Å²) in [6.45, 7) is 6.02. The first-order chi connectivity index (χ1) is 9.43. The lowest BCUT2D eigenvalue weighted by Gasteiger charge is -2.20. The smallest absolute Gasteiger partial charge is 0.237 e. The van der Waals surface area contributed by atoms with Gasteiger partial charge in [0.05, 0.1) is 23.7 Å². The first kappa shape index (κ1) is 19.2. The van der Waals surface area contributed by atoms with Gasteiger partial charge in [0.1, 0.15) is 12.4 Å². The molecule has 0 aromatic heterocycles. The van der Waals surface area contributed by atoms with Gasteiger partial charge in [-0.1, -0.05) is 13.8 Å². The topological polar surface area (TPSA) is 88.1 Å². The summed E-state index contributed by atoms with van der Waals surface area (Å²) < 4.78 is 5.54. The minimum atomic E-state index is -0.507. The van der Waals surface area contributed by atoms with Crippen molar-refractivity contribution in [2.24, 2.45) is 11.7 Å². The molecule has 1 amide bonds. The zero-order valence-electron chi connectivity index (χ0n) is 12.5. The van der Waals surface area contributed by atoms with E-state index in [1.165, 1.54) is 0 Å². The summed E-state index contributed by atoms with van der Waals surface area (Å²) >= 11 is 0. The highest BCUT2D eigenvalue weighted by Crippen LogP contribution is 2.11. The van der Waals surface area contributed by atoms with Crippen LogP contribution in [0.2, 0.25) is 0 Å². The molecule has 6 heteroatoms. The van der Waals surface area contributed by atoms with E-state index >= 15 is 0 Å². The van der Waals surface area contributed by atoms with Gasteiger partial charge in [0.2, 0.25) is 5.91 Å². The molecule has 5 nitrogen and oxygen atoms in total. The predicted octanol–water partition coefficient (Wildman–Crippen LogP) is 1.85. The Hall–Kier alpha value is -1.77. The lowest BCUT2D eigenvalue weighted by atomic mass is 10.0. The Bertz CT molecular complexity index is 483. The highest BCUT2D eigenvalue weighted by Gasteiger charge is 2.18. The number of nitriles is 1. The Labute approximate surface area is 131 Å². The number of halogens is 1. The molecule has 1 rings (SSSR count). The number of hydrogen-bond acceptors (Lipinski definition) is 4. The number of carbonyl (C=O) groups excluding carboxylic acids is 1. The Morgan fingerprint density at radius 2 is 1.90 bits per heavy atom. The molecule has 1 aromatic rings. The SMILES string of the molecule is CC(COc1ccc(C#N)cc1)NC(=O)[C@@H](N)C(C)C.Cl. The second-order valence-corrected chi connectivity index (χ2v) is 5.13. The van der Waals surface area contributed by atoms with Crippen LogP contribution in [0.3, 0.4) is 0 Å². The molecule has 0 radical (unpaired) electrons. The van der Waals surface area contributed by atoms with Crippen molar-refractivity contribution in [1.82, 2.24) is 5.32 Å². The number of benzene rings is 1. The van der Waals surface area contributed by atoms with Gasteiger partial charge >= 0.3 is 0 Å². The van der Waals surface area contributed by atoms with Crippen LogP contribution in [0.15, 0.2) is 24.3 Å². The third-order valence-corrected chi connectivity index (χ3v) is 2.89. The van der Waals surface area contributed by atoms with Gasteiger partial charge in [-0.25, -0.2) is 0 Å². The maximum absolute atomic E-state index is 11.8. The third kappa shape index (κ3) is 6.48. The number of nitrogens with one attached hydrogen (secondary N) is 1. The molecule has 0 aliphatic heterocycles. The van der Waals surface area contributed by atoms with Gasteiger partial charge in [-0.05, 0) is 37.1 Å². The number of ether oxygens (including phenoxy) is 1. The van der Waals surface area contributed by atoms with E-state index < -0.39 is 6.04 Å². The van der Waals surface area contributed by atoms with Crippen LogP contribution < -0.4 is 15.8 Å². The summed E-state index contributed by atoms with van der Waals surface area (Å²) in [6, 6.07) is 8.23. The summed E-state index contributed by atoms with van der Waals surface area (Å²) in [4.78, 5) is 11.8. The normalized spacial score (nSPS) is 12.8. The Morgan fingerprint density at radius 1 is 1.33 bits per heavy atom. The molecule has 3 N–H and O–H groups in total. The highest BCUT2D eigenvalue weighted by atomic mass is 35.5. The van der Waals surface area contributed by atoms with Crippen LogP contribution in [-0.2, 0) is 4.79 Å². The number of nitrogens with two attached hydrogens (primary N) is 1. The van der Waals surface area contributed by atoms with E-state index in [9.17, 15) is 4.79 Å². The zero-order valence-corrected chi connectivity index (χ0v) is 13.3. The van der Waals surface area contributed by atoms with Gasteiger partial charge in [-0.3, -0.25) is 4.79 Å². The van der Waals surface area contributed by atoms with Crippen molar-refractivity contribution in [3.05, 3.63) is 29.8 Å². The molecule has 0 spiro atoms. The summed E-state index contributed by atoms with van der Waals surface area (Å²) in [5.74, 6) is 0.593. The molecular formula is C15H22ClN3O2. The van der Waals surface area contributed by atoms with Crippen LogP contribution in [0, 0.1) is 17.2 Å². The Kier molecular flexibility index (Phi) is 8.44. The molecule has 0 heterocycles. The summed E-state index contributed by atoms with van der Waals surface area (Å²) in [6.07, 6.45) is 0. The summed E-state index contributed by atoms with van der Waals surface area (Å²) in [5, 5.41) is 11.5. The molecule has 0 saturated carbocycles. The van der Waals surface area contributed by atoms with Crippen LogP contribution in [0.5, 0.6) is 5.75 Å².